The summed E-state index contributed by atoms with van der Waals surface area (Å²) in [5, 5.41) is 2.63. The van der Waals surface area contributed by atoms with Crippen molar-refractivity contribution in [2.75, 3.05) is 0 Å². The van der Waals surface area contributed by atoms with Crippen molar-refractivity contribution in [3.05, 3.63) is 34.5 Å². The van der Waals surface area contributed by atoms with Crippen molar-refractivity contribution in [1.82, 2.24) is 5.32 Å². The van der Waals surface area contributed by atoms with Gasteiger partial charge in [-0.15, -0.1) is 0 Å². The topological polar surface area (TPSA) is 49.9 Å². The van der Waals surface area contributed by atoms with Gasteiger partial charge in [-0.2, -0.15) is 0 Å². The summed E-state index contributed by atoms with van der Waals surface area (Å²) < 4.78 is 2.08. The molecule has 0 bridgehead atoms. The maximum atomic E-state index is 5.87. The number of halogens is 6. The molecule has 0 atom stereocenters. The van der Waals surface area contributed by atoms with Crippen molar-refractivity contribution in [3.8, 4) is 0 Å². The van der Waals surface area contributed by atoms with Gasteiger partial charge >= 0.3 is 0 Å². The second kappa shape index (κ2) is 7.26. The van der Waals surface area contributed by atoms with Gasteiger partial charge in [-0.1, -0.05) is 69.6 Å². The van der Waals surface area contributed by atoms with Crippen LogP contribution in [0.3, 0.4) is 0 Å². The molecule has 0 fully saturated rings. The Morgan fingerprint density at radius 2 is 1.42 bits per heavy atom. The molecule has 1 N–H and O–H groups in total. The van der Waals surface area contributed by atoms with E-state index in [1.165, 1.54) is 0 Å². The Kier molecular flexibility index (Phi) is 6.11. The van der Waals surface area contributed by atoms with Crippen molar-refractivity contribution in [2.45, 2.75) is 34.8 Å². The van der Waals surface area contributed by atoms with Crippen LogP contribution in [-0.2, 0) is 6.42 Å². The number of alkyl halides is 6. The third-order valence-electron chi connectivity index (χ3n) is 3.48. The normalized spacial score (nSPS) is 15.8. The van der Waals surface area contributed by atoms with Gasteiger partial charge in [-0.05, 0) is 38.0 Å². The molecule has 0 spiro atoms. The van der Waals surface area contributed by atoms with E-state index in [0.717, 1.165) is 22.6 Å². The van der Waals surface area contributed by atoms with Crippen LogP contribution in [0.1, 0.15) is 22.6 Å². The van der Waals surface area contributed by atoms with Crippen LogP contribution in [0.5, 0.6) is 0 Å². The van der Waals surface area contributed by atoms with Gasteiger partial charge in [0.2, 0.25) is 7.59 Å². The summed E-state index contributed by atoms with van der Waals surface area (Å²) in [6.45, 7) is 5.88. The Hall–Kier alpha value is -0.100. The van der Waals surface area contributed by atoms with Crippen LogP contribution in [0.15, 0.2) is 26.3 Å². The average Bonchev–Trinajstić information content (AvgIpc) is 2.70. The quantitative estimate of drug-likeness (QED) is 0.584. The summed E-state index contributed by atoms with van der Waals surface area (Å²) >= 11 is 35.2. The predicted molar refractivity (Wildman–Crippen MR) is 103 cm³/mol. The summed E-state index contributed by atoms with van der Waals surface area (Å²) in [5.74, 6) is 1.91. The number of hydrogen-bond acceptors (Lipinski definition) is 4. The molecule has 0 unspecified atom stereocenters. The number of nitrogens with one attached hydrogen (secondary N) is 1. The van der Waals surface area contributed by atoms with Crippen LogP contribution in [0.4, 0.5) is 0 Å². The van der Waals surface area contributed by atoms with Crippen LogP contribution in [-0.4, -0.2) is 19.3 Å². The first-order valence-corrected chi connectivity index (χ1v) is 9.00. The van der Waals surface area contributed by atoms with E-state index in [9.17, 15) is 0 Å². The van der Waals surface area contributed by atoms with Crippen LogP contribution in [0, 0.1) is 20.8 Å². The first kappa shape index (κ1) is 20.2. The fourth-order valence-electron chi connectivity index (χ4n) is 1.97. The van der Waals surface area contributed by atoms with Gasteiger partial charge in [-0.25, -0.2) is 9.98 Å². The van der Waals surface area contributed by atoms with Crippen molar-refractivity contribution < 1.29 is 4.42 Å². The van der Waals surface area contributed by atoms with Gasteiger partial charge < -0.3 is 9.73 Å². The molecule has 1 aromatic rings. The van der Waals surface area contributed by atoms with E-state index in [1.54, 1.807) is 6.08 Å². The number of rotatable bonds is 2. The predicted octanol–water partition coefficient (Wildman–Crippen LogP) is 5.73. The lowest BCUT2D eigenvalue weighted by molar-refractivity contribution is 0.490. The van der Waals surface area contributed by atoms with Crippen molar-refractivity contribution in [1.29, 1.82) is 0 Å². The van der Waals surface area contributed by atoms with Gasteiger partial charge in [0.25, 0.3) is 0 Å². The molecule has 2 heterocycles. The van der Waals surface area contributed by atoms with E-state index in [1.807, 2.05) is 20.8 Å². The molecule has 2 rings (SSSR count). The third-order valence-corrected chi connectivity index (χ3v) is 4.56. The Morgan fingerprint density at radius 1 is 0.917 bits per heavy atom. The SMILES string of the molecule is Cc1oc(CC=C2N=C(C(Cl)(Cl)Cl)NC(C(Cl)(Cl)Cl)=N2)c(C)c1C. The second-order valence-corrected chi connectivity index (χ2v) is 9.70. The minimum atomic E-state index is -1.82. The number of nitrogens with zero attached hydrogens (tertiary/aromatic N) is 2. The number of aliphatic imine (C=N–C) groups is 2. The molecule has 1 aliphatic heterocycles. The van der Waals surface area contributed by atoms with Crippen LogP contribution >= 0.6 is 69.6 Å². The van der Waals surface area contributed by atoms with Crippen molar-refractivity contribution in [2.24, 2.45) is 9.98 Å². The molecule has 0 saturated carbocycles. The van der Waals surface area contributed by atoms with Gasteiger partial charge in [0, 0.05) is 6.42 Å². The molecular formula is C14H13Cl6N3O. The van der Waals surface area contributed by atoms with E-state index < -0.39 is 7.59 Å². The Labute approximate surface area is 169 Å². The Balaban J connectivity index is 2.37. The van der Waals surface area contributed by atoms with Crippen molar-refractivity contribution in [3.63, 3.8) is 0 Å². The summed E-state index contributed by atoms with van der Waals surface area (Å²) in [5.41, 5.74) is 2.17. The van der Waals surface area contributed by atoms with Crippen LogP contribution in [0.25, 0.3) is 0 Å². The first-order valence-electron chi connectivity index (χ1n) is 6.74. The number of aryl methyl sites for hydroxylation is 1. The maximum absolute atomic E-state index is 5.87. The van der Waals surface area contributed by atoms with Gasteiger partial charge in [0.1, 0.15) is 11.5 Å². The molecule has 1 aliphatic rings. The van der Waals surface area contributed by atoms with E-state index >= 15 is 0 Å². The van der Waals surface area contributed by atoms with Gasteiger partial charge in [-0.3, -0.25) is 0 Å². The minimum absolute atomic E-state index is 0.00129. The molecule has 0 radical (unpaired) electrons. The molecular weight excluding hydrogens is 439 g/mol. The summed E-state index contributed by atoms with van der Waals surface area (Å²) in [6.07, 6.45) is 2.15. The molecule has 4 nitrogen and oxygen atoms in total. The zero-order valence-corrected chi connectivity index (χ0v) is 17.4. The van der Waals surface area contributed by atoms with E-state index in [0.29, 0.717) is 6.42 Å². The Morgan fingerprint density at radius 3 is 1.79 bits per heavy atom. The van der Waals surface area contributed by atoms with E-state index in [2.05, 4.69) is 15.3 Å². The molecule has 24 heavy (non-hydrogen) atoms. The lowest BCUT2D eigenvalue weighted by Gasteiger charge is -2.24. The van der Waals surface area contributed by atoms with Crippen LogP contribution < -0.4 is 5.32 Å². The fourth-order valence-corrected chi connectivity index (χ4v) is 2.51. The number of furan rings is 1. The molecule has 132 valence electrons. The third kappa shape index (κ3) is 4.75. The molecule has 0 amide bonds. The summed E-state index contributed by atoms with van der Waals surface area (Å²) in [4.78, 5) is 8.31. The minimum Gasteiger partial charge on any atom is -0.465 e. The summed E-state index contributed by atoms with van der Waals surface area (Å²) in [6, 6.07) is 0. The highest BCUT2D eigenvalue weighted by molar-refractivity contribution is 6.79. The molecule has 1 aromatic heterocycles. The lowest BCUT2D eigenvalue weighted by Crippen LogP contribution is -2.46. The smallest absolute Gasteiger partial charge is 0.248 e. The second-order valence-electron chi connectivity index (χ2n) is 5.14. The first-order chi connectivity index (χ1) is 10.9. The largest absolute Gasteiger partial charge is 0.465 e. The highest BCUT2D eigenvalue weighted by atomic mass is 35.6. The number of hydrogen-bond donors (Lipinski definition) is 1. The molecule has 0 aromatic carbocycles. The van der Waals surface area contributed by atoms with Gasteiger partial charge in [0.05, 0.1) is 0 Å². The van der Waals surface area contributed by atoms with E-state index in [-0.39, 0.29) is 17.5 Å². The zero-order valence-electron chi connectivity index (χ0n) is 12.9. The van der Waals surface area contributed by atoms with Crippen molar-refractivity contribution >= 4 is 81.3 Å². The lowest BCUT2D eigenvalue weighted by atomic mass is 10.1. The highest BCUT2D eigenvalue weighted by Crippen LogP contribution is 2.33. The number of amidine groups is 2. The zero-order chi connectivity index (χ0) is 18.3. The standard InChI is InChI=1S/C14H13Cl6N3O/c1-6-7(2)9(24-8(6)3)4-5-10-21-11(13(15,16)17)23-12(22-10)14(18,19)20/h5H,4H2,1-3H3,(H,21,22,23). The van der Waals surface area contributed by atoms with Crippen LogP contribution in [0.2, 0.25) is 0 Å². The molecule has 0 saturated heterocycles. The fraction of sp³-hybridized carbons (Fsp3) is 0.429. The maximum Gasteiger partial charge on any atom is 0.248 e. The molecule has 0 aliphatic carbocycles. The van der Waals surface area contributed by atoms with E-state index in [4.69, 9.17) is 74.0 Å². The monoisotopic (exact) mass is 449 g/mol. The Bertz CT molecular complexity index is 705. The van der Waals surface area contributed by atoms with Gasteiger partial charge in [0.15, 0.2) is 17.5 Å². The average molecular weight is 452 g/mol. The molecule has 10 heteroatoms. The summed E-state index contributed by atoms with van der Waals surface area (Å²) in [7, 11) is 0. The highest BCUT2D eigenvalue weighted by Gasteiger charge is 2.37. The number of allylic oxidation sites excluding steroid dienone is 1.